The first-order valence-electron chi connectivity index (χ1n) is 7.63. The molecule has 0 radical (unpaired) electrons. The van der Waals surface area contributed by atoms with Gasteiger partial charge in [-0.1, -0.05) is 69.2 Å². The molecule has 0 aliphatic rings. The van der Waals surface area contributed by atoms with Crippen molar-refractivity contribution in [2.45, 2.75) is 45.6 Å². The van der Waals surface area contributed by atoms with Gasteiger partial charge in [-0.05, 0) is 35.1 Å². The number of benzene rings is 2. The molecule has 2 aromatic rings. The Morgan fingerprint density at radius 1 is 1.00 bits per heavy atom. The summed E-state index contributed by atoms with van der Waals surface area (Å²) in [6.45, 7) is 4.54. The third kappa shape index (κ3) is 4.32. The van der Waals surface area contributed by atoms with Crippen LogP contribution in [0.3, 0.4) is 0 Å². The summed E-state index contributed by atoms with van der Waals surface area (Å²) in [5.74, 6) is 6.47. The molecule has 2 nitrogen and oxygen atoms in total. The highest BCUT2D eigenvalue weighted by Crippen LogP contribution is 2.18. The van der Waals surface area contributed by atoms with Crippen molar-refractivity contribution in [1.82, 2.24) is 5.43 Å². The zero-order valence-corrected chi connectivity index (χ0v) is 12.6. The van der Waals surface area contributed by atoms with Crippen molar-refractivity contribution in [3.63, 3.8) is 0 Å². The van der Waals surface area contributed by atoms with Crippen molar-refractivity contribution in [3.8, 4) is 0 Å². The normalized spacial score (nSPS) is 13.0. The summed E-state index contributed by atoms with van der Waals surface area (Å²) in [4.78, 5) is 0. The molecule has 1 atom stereocenters. The van der Waals surface area contributed by atoms with Crippen LogP contribution in [0.2, 0.25) is 0 Å². The van der Waals surface area contributed by atoms with Gasteiger partial charge in [0.25, 0.3) is 0 Å². The fourth-order valence-corrected chi connectivity index (χ4v) is 2.67. The zero-order chi connectivity index (χ0) is 14.4. The second kappa shape index (κ2) is 7.41. The van der Waals surface area contributed by atoms with Crippen LogP contribution in [-0.2, 0) is 6.42 Å². The van der Waals surface area contributed by atoms with Gasteiger partial charge in [-0.2, -0.15) is 0 Å². The van der Waals surface area contributed by atoms with Gasteiger partial charge in [-0.25, -0.2) is 0 Å². The molecule has 0 spiro atoms. The Kier molecular flexibility index (Phi) is 5.57. The van der Waals surface area contributed by atoms with E-state index < -0.39 is 0 Å². The molecule has 0 aliphatic heterocycles. The summed E-state index contributed by atoms with van der Waals surface area (Å²) in [6, 6.07) is 15.6. The van der Waals surface area contributed by atoms with Crippen molar-refractivity contribution < 1.29 is 0 Å². The number of hydrazine groups is 1. The van der Waals surface area contributed by atoms with Crippen LogP contribution >= 0.6 is 0 Å². The standard InChI is InChI=1S/C18H26N2/c1-14(2)6-5-9-18(20-19)13-15-10-11-16-7-3-4-8-17(16)12-15/h3-4,7-8,10-12,14,18,20H,5-6,9,13,19H2,1-2H3. The van der Waals surface area contributed by atoms with Crippen LogP contribution in [0.15, 0.2) is 42.5 Å². The van der Waals surface area contributed by atoms with Crippen molar-refractivity contribution >= 4 is 10.8 Å². The summed E-state index contributed by atoms with van der Waals surface area (Å²) in [5.41, 5.74) is 4.33. The van der Waals surface area contributed by atoms with Gasteiger partial charge in [0.2, 0.25) is 0 Å². The minimum atomic E-state index is 0.370. The molecular formula is C18H26N2. The monoisotopic (exact) mass is 270 g/mol. The third-order valence-electron chi connectivity index (χ3n) is 3.87. The van der Waals surface area contributed by atoms with Crippen LogP contribution in [0.4, 0.5) is 0 Å². The molecule has 0 heterocycles. The molecule has 0 amide bonds. The topological polar surface area (TPSA) is 38.0 Å². The molecule has 0 saturated heterocycles. The van der Waals surface area contributed by atoms with Crippen LogP contribution in [0.1, 0.15) is 38.7 Å². The highest BCUT2D eigenvalue weighted by atomic mass is 15.2. The maximum absolute atomic E-state index is 5.70. The van der Waals surface area contributed by atoms with Crippen molar-refractivity contribution in [1.29, 1.82) is 0 Å². The number of fused-ring (bicyclic) bond motifs is 1. The maximum Gasteiger partial charge on any atom is 0.0250 e. The lowest BCUT2D eigenvalue weighted by atomic mass is 9.97. The van der Waals surface area contributed by atoms with E-state index in [2.05, 4.69) is 61.7 Å². The SMILES string of the molecule is CC(C)CCCC(Cc1ccc2ccccc2c1)NN. The molecule has 0 fully saturated rings. The fourth-order valence-electron chi connectivity index (χ4n) is 2.67. The predicted molar refractivity (Wildman–Crippen MR) is 87.5 cm³/mol. The predicted octanol–water partition coefficient (Wildman–Crippen LogP) is 4.04. The molecule has 0 saturated carbocycles. The molecule has 0 bridgehead atoms. The number of rotatable bonds is 7. The summed E-state index contributed by atoms with van der Waals surface area (Å²) in [5, 5.41) is 2.61. The average molecular weight is 270 g/mol. The van der Waals surface area contributed by atoms with Gasteiger partial charge in [-0.3, -0.25) is 11.3 Å². The Morgan fingerprint density at radius 2 is 1.75 bits per heavy atom. The van der Waals surface area contributed by atoms with Crippen LogP contribution < -0.4 is 11.3 Å². The average Bonchev–Trinajstić information content (AvgIpc) is 2.45. The van der Waals surface area contributed by atoms with E-state index in [-0.39, 0.29) is 0 Å². The minimum absolute atomic E-state index is 0.370. The molecule has 3 N–H and O–H groups in total. The molecule has 2 rings (SSSR count). The molecule has 2 aromatic carbocycles. The second-order valence-corrected chi connectivity index (χ2v) is 6.07. The Labute approximate surface area is 122 Å². The van der Waals surface area contributed by atoms with Gasteiger partial charge in [0, 0.05) is 6.04 Å². The van der Waals surface area contributed by atoms with E-state index in [0.717, 1.165) is 18.8 Å². The number of hydrogen-bond donors (Lipinski definition) is 2. The summed E-state index contributed by atoms with van der Waals surface area (Å²) in [6.07, 6.45) is 4.65. The van der Waals surface area contributed by atoms with E-state index in [1.54, 1.807) is 0 Å². The van der Waals surface area contributed by atoms with Crippen LogP contribution in [-0.4, -0.2) is 6.04 Å². The smallest absolute Gasteiger partial charge is 0.0250 e. The van der Waals surface area contributed by atoms with Crippen molar-refractivity contribution in [2.75, 3.05) is 0 Å². The van der Waals surface area contributed by atoms with Gasteiger partial charge >= 0.3 is 0 Å². The van der Waals surface area contributed by atoms with Crippen molar-refractivity contribution in [3.05, 3.63) is 48.0 Å². The molecule has 1 unspecified atom stereocenters. The molecule has 0 aromatic heterocycles. The van der Waals surface area contributed by atoms with E-state index in [0.29, 0.717) is 6.04 Å². The highest BCUT2D eigenvalue weighted by Gasteiger charge is 2.08. The number of nitrogens with one attached hydrogen (secondary N) is 1. The largest absolute Gasteiger partial charge is 0.271 e. The Balaban J connectivity index is 1.98. The second-order valence-electron chi connectivity index (χ2n) is 6.07. The molecular weight excluding hydrogens is 244 g/mol. The molecule has 108 valence electrons. The van der Waals surface area contributed by atoms with Gasteiger partial charge in [0.1, 0.15) is 0 Å². The summed E-state index contributed by atoms with van der Waals surface area (Å²) in [7, 11) is 0. The zero-order valence-electron chi connectivity index (χ0n) is 12.6. The van der Waals surface area contributed by atoms with E-state index in [1.165, 1.54) is 29.2 Å². The van der Waals surface area contributed by atoms with Crippen LogP contribution in [0.5, 0.6) is 0 Å². The van der Waals surface area contributed by atoms with E-state index in [1.807, 2.05) is 0 Å². The van der Waals surface area contributed by atoms with Crippen LogP contribution in [0, 0.1) is 5.92 Å². The van der Waals surface area contributed by atoms with Crippen LogP contribution in [0.25, 0.3) is 10.8 Å². The molecule has 2 heteroatoms. The summed E-state index contributed by atoms with van der Waals surface area (Å²) >= 11 is 0. The lowest BCUT2D eigenvalue weighted by molar-refractivity contribution is 0.441. The van der Waals surface area contributed by atoms with Gasteiger partial charge in [0.15, 0.2) is 0 Å². The Hall–Kier alpha value is -1.38. The highest BCUT2D eigenvalue weighted by molar-refractivity contribution is 5.82. The first-order chi connectivity index (χ1) is 9.69. The quantitative estimate of drug-likeness (QED) is 0.588. The van der Waals surface area contributed by atoms with Gasteiger partial charge in [0.05, 0.1) is 0 Å². The summed E-state index contributed by atoms with van der Waals surface area (Å²) < 4.78 is 0. The lowest BCUT2D eigenvalue weighted by Crippen LogP contribution is -2.36. The van der Waals surface area contributed by atoms with Gasteiger partial charge < -0.3 is 0 Å². The first-order valence-corrected chi connectivity index (χ1v) is 7.63. The third-order valence-corrected chi connectivity index (χ3v) is 3.87. The number of hydrogen-bond acceptors (Lipinski definition) is 2. The minimum Gasteiger partial charge on any atom is -0.271 e. The fraction of sp³-hybridized carbons (Fsp3) is 0.444. The first kappa shape index (κ1) is 15.0. The van der Waals surface area contributed by atoms with E-state index in [9.17, 15) is 0 Å². The maximum atomic E-state index is 5.70. The molecule has 20 heavy (non-hydrogen) atoms. The van der Waals surface area contributed by atoms with Gasteiger partial charge in [-0.15, -0.1) is 0 Å². The number of nitrogens with two attached hydrogens (primary N) is 1. The Bertz CT molecular complexity index is 534. The van der Waals surface area contributed by atoms with Crippen molar-refractivity contribution in [2.24, 2.45) is 11.8 Å². The van der Waals surface area contributed by atoms with E-state index in [4.69, 9.17) is 5.84 Å². The Morgan fingerprint density at radius 3 is 2.45 bits per heavy atom. The molecule has 0 aliphatic carbocycles. The lowest BCUT2D eigenvalue weighted by Gasteiger charge is -2.17. The van der Waals surface area contributed by atoms with E-state index >= 15 is 0 Å².